The molecule has 2 N–H and O–H groups in total. The molecule has 0 atom stereocenters. The summed E-state index contributed by atoms with van der Waals surface area (Å²) in [6, 6.07) is 6.34. The minimum Gasteiger partial charge on any atom is -0.330 e. The van der Waals surface area contributed by atoms with Crippen LogP contribution in [0.15, 0.2) is 18.2 Å². The summed E-state index contributed by atoms with van der Waals surface area (Å²) in [6.45, 7) is 4.77. The Morgan fingerprint density at radius 2 is 2.19 bits per heavy atom. The lowest BCUT2D eigenvalue weighted by atomic mass is 10.1. The summed E-state index contributed by atoms with van der Waals surface area (Å²) in [5, 5.41) is 6.29. The van der Waals surface area contributed by atoms with Crippen molar-refractivity contribution in [2.75, 3.05) is 6.54 Å². The highest BCUT2D eigenvalue weighted by atomic mass is 35.5. The third kappa shape index (κ3) is 1.81. The molecule has 2 aromatic rings. The van der Waals surface area contributed by atoms with Gasteiger partial charge in [0, 0.05) is 11.4 Å². The van der Waals surface area contributed by atoms with E-state index in [2.05, 4.69) is 25.0 Å². The van der Waals surface area contributed by atoms with Crippen molar-refractivity contribution >= 4 is 22.5 Å². The van der Waals surface area contributed by atoms with E-state index in [1.165, 1.54) is 5.56 Å². The predicted octanol–water partition coefficient (Wildman–Crippen LogP) is 2.77. The van der Waals surface area contributed by atoms with Crippen molar-refractivity contribution in [1.29, 1.82) is 0 Å². The number of nitrogens with zero attached hydrogens (tertiary/aromatic N) is 2. The van der Waals surface area contributed by atoms with E-state index in [9.17, 15) is 0 Å². The van der Waals surface area contributed by atoms with Gasteiger partial charge in [0.25, 0.3) is 0 Å². The van der Waals surface area contributed by atoms with Crippen molar-refractivity contribution in [3.63, 3.8) is 0 Å². The van der Waals surface area contributed by atoms with Crippen LogP contribution in [0.25, 0.3) is 10.9 Å². The molecule has 86 valence electrons. The normalized spacial score (nSPS) is 11.6. The van der Waals surface area contributed by atoms with Gasteiger partial charge >= 0.3 is 0 Å². The molecule has 0 aliphatic rings. The fraction of sp³-hybridized carbons (Fsp3) is 0.417. The van der Waals surface area contributed by atoms with Crippen LogP contribution < -0.4 is 5.73 Å². The molecule has 0 radical (unpaired) electrons. The van der Waals surface area contributed by atoms with Crippen molar-refractivity contribution in [3.8, 4) is 0 Å². The van der Waals surface area contributed by atoms with Gasteiger partial charge in [0.05, 0.1) is 5.52 Å². The minimum absolute atomic E-state index is 0.269. The standard InChI is InChI=1S/C12H16ClN3/c1-8(2)16-12(13)10-5-3-4-9(6-7-14)11(10)15-16/h3-5,8H,6-7,14H2,1-2H3. The first-order valence-electron chi connectivity index (χ1n) is 5.50. The molecule has 0 bridgehead atoms. The van der Waals surface area contributed by atoms with Crippen LogP contribution in [0.3, 0.4) is 0 Å². The Kier molecular flexibility index (Phi) is 3.17. The molecule has 0 amide bonds. The third-order valence-corrected chi connectivity index (χ3v) is 3.03. The first-order chi connectivity index (χ1) is 7.65. The van der Waals surface area contributed by atoms with Crippen LogP contribution in [0.2, 0.25) is 5.15 Å². The predicted molar refractivity (Wildman–Crippen MR) is 67.9 cm³/mol. The Morgan fingerprint density at radius 3 is 2.81 bits per heavy atom. The molecule has 3 nitrogen and oxygen atoms in total. The van der Waals surface area contributed by atoms with Crippen LogP contribution in [0.4, 0.5) is 0 Å². The monoisotopic (exact) mass is 237 g/mol. The van der Waals surface area contributed by atoms with E-state index < -0.39 is 0 Å². The van der Waals surface area contributed by atoms with E-state index in [1.807, 2.05) is 16.8 Å². The van der Waals surface area contributed by atoms with Gasteiger partial charge in [-0.25, -0.2) is 0 Å². The van der Waals surface area contributed by atoms with E-state index in [0.717, 1.165) is 17.3 Å². The molecule has 0 aliphatic carbocycles. The van der Waals surface area contributed by atoms with Crippen molar-refractivity contribution in [2.24, 2.45) is 5.73 Å². The summed E-state index contributed by atoms with van der Waals surface area (Å²) in [6.07, 6.45) is 0.836. The van der Waals surface area contributed by atoms with E-state index in [-0.39, 0.29) is 6.04 Å². The molecule has 16 heavy (non-hydrogen) atoms. The van der Waals surface area contributed by atoms with Crippen LogP contribution in [0.5, 0.6) is 0 Å². The SMILES string of the molecule is CC(C)n1nc2c(CCN)cccc2c1Cl. The van der Waals surface area contributed by atoms with Crippen LogP contribution in [0.1, 0.15) is 25.5 Å². The molecular formula is C12H16ClN3. The number of benzene rings is 1. The molecule has 0 unspecified atom stereocenters. The van der Waals surface area contributed by atoms with Gasteiger partial charge in [-0.05, 0) is 38.4 Å². The van der Waals surface area contributed by atoms with Gasteiger partial charge in [-0.2, -0.15) is 5.10 Å². The third-order valence-electron chi connectivity index (χ3n) is 2.65. The minimum atomic E-state index is 0.269. The smallest absolute Gasteiger partial charge is 0.135 e. The molecule has 0 saturated heterocycles. The highest BCUT2D eigenvalue weighted by Gasteiger charge is 2.13. The van der Waals surface area contributed by atoms with Crippen molar-refractivity contribution < 1.29 is 0 Å². The number of halogens is 1. The van der Waals surface area contributed by atoms with Gasteiger partial charge in [0.1, 0.15) is 5.15 Å². The Labute approximate surface area is 100 Å². The number of fused-ring (bicyclic) bond motifs is 1. The zero-order chi connectivity index (χ0) is 11.7. The molecule has 0 aliphatic heterocycles. The van der Waals surface area contributed by atoms with Crippen molar-refractivity contribution in [1.82, 2.24) is 9.78 Å². The molecule has 2 rings (SSSR count). The Hall–Kier alpha value is -1.06. The van der Waals surface area contributed by atoms with Gasteiger partial charge in [-0.1, -0.05) is 23.7 Å². The maximum Gasteiger partial charge on any atom is 0.135 e. The Morgan fingerprint density at radius 1 is 1.44 bits per heavy atom. The molecule has 0 fully saturated rings. The van der Waals surface area contributed by atoms with Crippen LogP contribution in [-0.4, -0.2) is 16.3 Å². The second kappa shape index (κ2) is 4.44. The van der Waals surface area contributed by atoms with Gasteiger partial charge < -0.3 is 5.73 Å². The molecule has 0 spiro atoms. The summed E-state index contributed by atoms with van der Waals surface area (Å²) in [5.41, 5.74) is 7.73. The van der Waals surface area contributed by atoms with Gasteiger partial charge in [-0.3, -0.25) is 4.68 Å². The van der Waals surface area contributed by atoms with E-state index in [1.54, 1.807) is 0 Å². The largest absolute Gasteiger partial charge is 0.330 e. The van der Waals surface area contributed by atoms with E-state index in [4.69, 9.17) is 17.3 Å². The number of nitrogens with two attached hydrogens (primary N) is 1. The lowest BCUT2D eigenvalue weighted by molar-refractivity contribution is 0.538. The number of rotatable bonds is 3. The summed E-state index contributed by atoms with van der Waals surface area (Å²) in [4.78, 5) is 0. The maximum absolute atomic E-state index is 6.29. The van der Waals surface area contributed by atoms with Crippen molar-refractivity contribution in [3.05, 3.63) is 28.9 Å². The molecule has 1 heterocycles. The van der Waals surface area contributed by atoms with Crippen LogP contribution in [0, 0.1) is 0 Å². The molecule has 1 aromatic heterocycles. The zero-order valence-corrected chi connectivity index (χ0v) is 10.3. The second-order valence-electron chi connectivity index (χ2n) is 4.18. The summed E-state index contributed by atoms with van der Waals surface area (Å²) in [7, 11) is 0. The van der Waals surface area contributed by atoms with Crippen LogP contribution in [-0.2, 0) is 6.42 Å². The topological polar surface area (TPSA) is 43.8 Å². The van der Waals surface area contributed by atoms with E-state index >= 15 is 0 Å². The quantitative estimate of drug-likeness (QED) is 0.892. The zero-order valence-electron chi connectivity index (χ0n) is 9.57. The van der Waals surface area contributed by atoms with Crippen LogP contribution >= 0.6 is 11.6 Å². The molecule has 4 heteroatoms. The first kappa shape index (κ1) is 11.4. The summed E-state index contributed by atoms with van der Waals surface area (Å²) < 4.78 is 1.85. The van der Waals surface area contributed by atoms with E-state index in [0.29, 0.717) is 11.7 Å². The fourth-order valence-corrected chi connectivity index (χ4v) is 2.24. The van der Waals surface area contributed by atoms with Gasteiger partial charge in [0.2, 0.25) is 0 Å². The molecule has 0 saturated carbocycles. The fourth-order valence-electron chi connectivity index (χ4n) is 1.85. The highest BCUT2D eigenvalue weighted by molar-refractivity contribution is 6.34. The average molecular weight is 238 g/mol. The van der Waals surface area contributed by atoms with Gasteiger partial charge in [-0.15, -0.1) is 0 Å². The first-order valence-corrected chi connectivity index (χ1v) is 5.88. The Bertz CT molecular complexity index is 502. The van der Waals surface area contributed by atoms with Crippen molar-refractivity contribution in [2.45, 2.75) is 26.3 Å². The van der Waals surface area contributed by atoms with Gasteiger partial charge in [0.15, 0.2) is 0 Å². The Balaban J connectivity index is 2.65. The lowest BCUT2D eigenvalue weighted by Crippen LogP contribution is -2.04. The molecule has 1 aromatic carbocycles. The summed E-state index contributed by atoms with van der Waals surface area (Å²) in [5.74, 6) is 0. The maximum atomic E-state index is 6.29. The average Bonchev–Trinajstić information content (AvgIpc) is 2.58. The number of aromatic nitrogens is 2. The highest BCUT2D eigenvalue weighted by Crippen LogP contribution is 2.28. The lowest BCUT2D eigenvalue weighted by Gasteiger charge is -2.05. The number of hydrogen-bond acceptors (Lipinski definition) is 2. The second-order valence-corrected chi connectivity index (χ2v) is 4.54. The number of hydrogen-bond donors (Lipinski definition) is 1. The summed E-state index contributed by atoms with van der Waals surface area (Å²) >= 11 is 6.29. The molecular weight excluding hydrogens is 222 g/mol.